The average Bonchev–Trinajstić information content (AvgIpc) is 2.87. The van der Waals surface area contributed by atoms with Crippen LogP contribution in [0.15, 0.2) is 29.4 Å². The number of aromatic nitrogens is 1. The van der Waals surface area contributed by atoms with Gasteiger partial charge in [0.15, 0.2) is 5.96 Å². The number of fused-ring (bicyclic) bond motifs is 1. The van der Waals surface area contributed by atoms with Crippen molar-refractivity contribution in [3.8, 4) is 0 Å². The molecule has 3 N–H and O–H groups in total. The fourth-order valence-electron chi connectivity index (χ4n) is 2.22. The number of rotatable bonds is 5. The third kappa shape index (κ3) is 5.15. The van der Waals surface area contributed by atoms with Crippen LogP contribution >= 0.6 is 0 Å². The van der Waals surface area contributed by atoms with Crippen molar-refractivity contribution >= 4 is 16.9 Å². The van der Waals surface area contributed by atoms with E-state index in [-0.39, 0.29) is 12.4 Å². The summed E-state index contributed by atoms with van der Waals surface area (Å²) in [7, 11) is 1.49. The highest BCUT2D eigenvalue weighted by Gasteiger charge is 2.26. The molecule has 0 saturated heterocycles. The second-order valence-electron chi connectivity index (χ2n) is 5.04. The van der Waals surface area contributed by atoms with Crippen molar-refractivity contribution in [2.75, 3.05) is 20.1 Å². The van der Waals surface area contributed by atoms with E-state index in [1.807, 2.05) is 0 Å². The number of hydrogen-bond acceptors (Lipinski definition) is 1. The normalized spacial score (nSPS) is 12.7. The van der Waals surface area contributed by atoms with Gasteiger partial charge in [-0.3, -0.25) is 4.99 Å². The average molecular weight is 330 g/mol. The minimum Gasteiger partial charge on any atom is -0.361 e. The van der Waals surface area contributed by atoms with Crippen LogP contribution in [0, 0.1) is 5.82 Å². The van der Waals surface area contributed by atoms with Crippen LogP contribution in [0.5, 0.6) is 0 Å². The van der Waals surface area contributed by atoms with Crippen molar-refractivity contribution in [3.63, 3.8) is 0 Å². The van der Waals surface area contributed by atoms with E-state index >= 15 is 0 Å². The van der Waals surface area contributed by atoms with Crippen molar-refractivity contribution in [2.24, 2.45) is 4.99 Å². The van der Waals surface area contributed by atoms with Gasteiger partial charge in [-0.05, 0) is 30.2 Å². The van der Waals surface area contributed by atoms with Crippen LogP contribution in [-0.4, -0.2) is 37.3 Å². The summed E-state index contributed by atoms with van der Waals surface area (Å²) in [5.74, 6) is -0.00351. The molecule has 0 spiro atoms. The van der Waals surface area contributed by atoms with Crippen molar-refractivity contribution < 1.29 is 17.6 Å². The Hall–Kier alpha value is -2.25. The SMILES string of the molecule is CN=C(NCCc1c[nH]c2ccc(F)cc12)NCCC(F)(F)F. The summed E-state index contributed by atoms with van der Waals surface area (Å²) in [6.45, 7) is 0.233. The number of halogens is 4. The van der Waals surface area contributed by atoms with Gasteiger partial charge in [0.1, 0.15) is 5.82 Å². The van der Waals surface area contributed by atoms with Gasteiger partial charge in [0, 0.05) is 37.2 Å². The lowest BCUT2D eigenvalue weighted by Crippen LogP contribution is -2.39. The Morgan fingerprint density at radius 1 is 1.22 bits per heavy atom. The Morgan fingerprint density at radius 3 is 2.65 bits per heavy atom. The second kappa shape index (κ2) is 7.34. The van der Waals surface area contributed by atoms with E-state index < -0.39 is 12.6 Å². The zero-order chi connectivity index (χ0) is 16.9. The zero-order valence-electron chi connectivity index (χ0n) is 12.6. The molecule has 0 aliphatic carbocycles. The molecule has 0 unspecified atom stereocenters. The molecule has 0 aliphatic heterocycles. The number of H-pyrrole nitrogens is 1. The molecule has 1 aromatic heterocycles. The summed E-state index contributed by atoms with van der Waals surface area (Å²) < 4.78 is 49.6. The van der Waals surface area contributed by atoms with Crippen LogP contribution in [0.4, 0.5) is 17.6 Å². The molecule has 0 saturated carbocycles. The number of aliphatic imine (C=N–C) groups is 1. The molecule has 8 heteroatoms. The summed E-state index contributed by atoms with van der Waals surface area (Å²) in [6, 6.07) is 4.50. The predicted octanol–water partition coefficient (Wildman–Crippen LogP) is 2.97. The van der Waals surface area contributed by atoms with Gasteiger partial charge in [0.25, 0.3) is 0 Å². The minimum absolute atomic E-state index is 0.235. The number of guanidine groups is 1. The molecule has 0 atom stereocenters. The maximum absolute atomic E-state index is 13.3. The van der Waals surface area contributed by atoms with Gasteiger partial charge >= 0.3 is 6.18 Å². The van der Waals surface area contributed by atoms with E-state index in [4.69, 9.17) is 0 Å². The molecule has 0 amide bonds. The van der Waals surface area contributed by atoms with E-state index in [9.17, 15) is 17.6 Å². The quantitative estimate of drug-likeness (QED) is 0.448. The van der Waals surface area contributed by atoms with Gasteiger partial charge < -0.3 is 15.6 Å². The van der Waals surface area contributed by atoms with E-state index in [0.29, 0.717) is 18.9 Å². The van der Waals surface area contributed by atoms with Crippen LogP contribution < -0.4 is 10.6 Å². The lowest BCUT2D eigenvalue weighted by molar-refractivity contribution is -0.132. The van der Waals surface area contributed by atoms with Gasteiger partial charge in [-0.15, -0.1) is 0 Å². The number of hydrogen-bond donors (Lipinski definition) is 3. The van der Waals surface area contributed by atoms with Crippen molar-refractivity contribution in [2.45, 2.75) is 19.0 Å². The number of nitrogens with one attached hydrogen (secondary N) is 3. The molecule has 0 radical (unpaired) electrons. The molecule has 4 nitrogen and oxygen atoms in total. The number of nitrogens with zero attached hydrogens (tertiary/aromatic N) is 1. The maximum Gasteiger partial charge on any atom is 0.390 e. The van der Waals surface area contributed by atoms with E-state index in [1.165, 1.54) is 19.2 Å². The number of alkyl halides is 3. The number of aromatic amines is 1. The topological polar surface area (TPSA) is 52.2 Å². The number of benzene rings is 1. The van der Waals surface area contributed by atoms with Gasteiger partial charge in [-0.25, -0.2) is 4.39 Å². The van der Waals surface area contributed by atoms with Gasteiger partial charge in [0.2, 0.25) is 0 Å². The first kappa shape index (κ1) is 17.1. The smallest absolute Gasteiger partial charge is 0.361 e. The molecule has 0 bridgehead atoms. The molecule has 1 heterocycles. The molecule has 2 rings (SSSR count). The Labute approximate surface area is 131 Å². The summed E-state index contributed by atoms with van der Waals surface area (Å²) in [5, 5.41) is 6.34. The van der Waals surface area contributed by atoms with Crippen molar-refractivity contribution in [1.82, 2.24) is 15.6 Å². The van der Waals surface area contributed by atoms with E-state index in [2.05, 4.69) is 20.6 Å². The predicted molar refractivity (Wildman–Crippen MR) is 82.0 cm³/mol. The summed E-state index contributed by atoms with van der Waals surface area (Å²) in [5.41, 5.74) is 1.77. The lowest BCUT2D eigenvalue weighted by Gasteiger charge is -2.12. The van der Waals surface area contributed by atoms with E-state index in [0.717, 1.165) is 16.5 Å². The largest absolute Gasteiger partial charge is 0.390 e. The molecule has 126 valence electrons. The van der Waals surface area contributed by atoms with Crippen molar-refractivity contribution in [1.29, 1.82) is 0 Å². The van der Waals surface area contributed by atoms with Gasteiger partial charge in [-0.1, -0.05) is 0 Å². The summed E-state index contributed by atoms with van der Waals surface area (Å²) in [6.07, 6.45) is -2.73. The fourth-order valence-corrected chi connectivity index (χ4v) is 2.22. The molecule has 0 fully saturated rings. The Balaban J connectivity index is 1.84. The minimum atomic E-state index is -4.19. The third-order valence-electron chi connectivity index (χ3n) is 3.34. The van der Waals surface area contributed by atoms with Gasteiger partial charge in [-0.2, -0.15) is 13.2 Å². The Morgan fingerprint density at radius 2 is 1.96 bits per heavy atom. The lowest BCUT2D eigenvalue weighted by atomic mass is 10.1. The standard InChI is InChI=1S/C15H18F4N4/c1-20-14(22-7-5-15(17,18)19)21-6-4-10-9-23-13-3-2-11(16)8-12(10)13/h2-3,8-9,23H,4-7H2,1H3,(H2,20,21,22). The second-order valence-corrected chi connectivity index (χ2v) is 5.04. The fraction of sp³-hybridized carbons (Fsp3) is 0.400. The molecular formula is C15H18F4N4. The first-order valence-electron chi connectivity index (χ1n) is 7.16. The highest BCUT2D eigenvalue weighted by Crippen LogP contribution is 2.19. The summed E-state index contributed by atoms with van der Waals surface area (Å²) in [4.78, 5) is 6.92. The molecular weight excluding hydrogens is 312 g/mol. The molecule has 0 aliphatic rings. The zero-order valence-corrected chi connectivity index (χ0v) is 12.6. The third-order valence-corrected chi connectivity index (χ3v) is 3.34. The molecule has 2 aromatic rings. The molecule has 23 heavy (non-hydrogen) atoms. The maximum atomic E-state index is 13.3. The van der Waals surface area contributed by atoms with Crippen molar-refractivity contribution in [3.05, 3.63) is 35.8 Å². The first-order chi connectivity index (χ1) is 10.9. The van der Waals surface area contributed by atoms with Crippen LogP contribution in [0.2, 0.25) is 0 Å². The summed E-state index contributed by atoms with van der Waals surface area (Å²) >= 11 is 0. The van der Waals surface area contributed by atoms with E-state index in [1.54, 1.807) is 12.3 Å². The van der Waals surface area contributed by atoms with Gasteiger partial charge in [0.05, 0.1) is 6.42 Å². The van der Waals surface area contributed by atoms with Crippen LogP contribution in [0.25, 0.3) is 10.9 Å². The van der Waals surface area contributed by atoms with Crippen LogP contribution in [0.3, 0.4) is 0 Å². The molecule has 1 aromatic carbocycles. The highest BCUT2D eigenvalue weighted by molar-refractivity contribution is 5.83. The monoisotopic (exact) mass is 330 g/mol. The van der Waals surface area contributed by atoms with Crippen LogP contribution in [0.1, 0.15) is 12.0 Å². The highest BCUT2D eigenvalue weighted by atomic mass is 19.4. The first-order valence-corrected chi connectivity index (χ1v) is 7.16. The van der Waals surface area contributed by atoms with Crippen LogP contribution in [-0.2, 0) is 6.42 Å². The Bertz CT molecular complexity index is 676. The Kier molecular flexibility index (Phi) is 5.46.